The smallest absolute Gasteiger partial charge is 0.410 e. The summed E-state index contributed by atoms with van der Waals surface area (Å²) in [5.41, 5.74) is -1.56. The number of phenols is 1. The maximum Gasteiger partial charge on any atom is 0.410 e. The van der Waals surface area contributed by atoms with Gasteiger partial charge in [-0.1, -0.05) is 35.9 Å². The maximum atomic E-state index is 17.0. The monoisotopic (exact) mass is 709 g/mol. The number of aromatic nitrogens is 2. The van der Waals surface area contributed by atoms with Crippen LogP contribution in [0.5, 0.6) is 11.8 Å². The van der Waals surface area contributed by atoms with Crippen LogP contribution in [0.4, 0.5) is 23.8 Å². The van der Waals surface area contributed by atoms with Gasteiger partial charge in [0, 0.05) is 42.9 Å². The number of fused-ring (bicyclic) bond motifs is 6. The molecule has 4 aromatic rings. The lowest BCUT2D eigenvalue weighted by atomic mass is 9.90. The van der Waals surface area contributed by atoms with Crippen LogP contribution in [0.15, 0.2) is 36.4 Å². The number of phenolic OH excluding ortho intramolecular Hbond substituents is 1. The van der Waals surface area contributed by atoms with E-state index in [4.69, 9.17) is 26.1 Å². The molecule has 2 bridgehead atoms. The highest BCUT2D eigenvalue weighted by Crippen LogP contribution is 2.45. The van der Waals surface area contributed by atoms with E-state index in [2.05, 4.69) is 9.88 Å². The van der Waals surface area contributed by atoms with Crippen LogP contribution < -0.4 is 9.64 Å². The van der Waals surface area contributed by atoms with E-state index in [1.165, 1.54) is 12.1 Å². The summed E-state index contributed by atoms with van der Waals surface area (Å²) >= 11 is 6.38. The minimum atomic E-state index is -0.961. The van der Waals surface area contributed by atoms with Crippen molar-refractivity contribution in [1.82, 2.24) is 19.8 Å². The van der Waals surface area contributed by atoms with Crippen molar-refractivity contribution in [3.05, 3.63) is 53.1 Å². The van der Waals surface area contributed by atoms with Crippen molar-refractivity contribution in [3.8, 4) is 22.9 Å². The zero-order valence-corrected chi connectivity index (χ0v) is 28.9. The van der Waals surface area contributed by atoms with Gasteiger partial charge in [0.1, 0.15) is 41.3 Å². The van der Waals surface area contributed by atoms with Gasteiger partial charge in [0.25, 0.3) is 0 Å². The van der Waals surface area contributed by atoms with Crippen molar-refractivity contribution in [2.75, 3.05) is 37.7 Å². The van der Waals surface area contributed by atoms with E-state index in [9.17, 15) is 14.3 Å². The van der Waals surface area contributed by atoms with E-state index in [-0.39, 0.29) is 57.5 Å². The third kappa shape index (κ3) is 5.55. The standard InChI is InChI=1S/C37H39ClF3N5O4/c1-36(2,3)50-35(48)46-18-21-9-10-22(46)17-45(21)33-26-13-27(40)29(25-14-28(47)30(38)24-8-5-4-7-23(24)25)31(41)32(26)42-34(43-33)49-19-37-11-6-12-44(37)16-20(39)15-37/h4-5,7-8,13-14,20-22,47H,6,9-12,15-19H2,1-3H3/t20-,21-,22+,37+/m1/s1. The van der Waals surface area contributed by atoms with Gasteiger partial charge < -0.3 is 24.4 Å². The number of piperazine rings is 1. The van der Waals surface area contributed by atoms with Crippen molar-refractivity contribution in [1.29, 1.82) is 0 Å². The Kier molecular flexibility index (Phi) is 7.98. The summed E-state index contributed by atoms with van der Waals surface area (Å²) < 4.78 is 59.8. The fourth-order valence-corrected chi connectivity index (χ4v) is 8.72. The van der Waals surface area contributed by atoms with Crippen LogP contribution in [0.25, 0.3) is 32.8 Å². The summed E-state index contributed by atoms with van der Waals surface area (Å²) in [6, 6.07) is 8.80. The van der Waals surface area contributed by atoms with Crippen molar-refractivity contribution in [2.24, 2.45) is 0 Å². The molecule has 1 aromatic heterocycles. The molecule has 3 aromatic carbocycles. The molecule has 0 saturated carbocycles. The van der Waals surface area contributed by atoms with Gasteiger partial charge in [0.15, 0.2) is 5.82 Å². The fraction of sp³-hybridized carbons (Fsp3) is 0.486. The normalized spacial score (nSPS) is 25.1. The number of amides is 1. The van der Waals surface area contributed by atoms with Crippen LogP contribution in [0.2, 0.25) is 5.02 Å². The van der Waals surface area contributed by atoms with Gasteiger partial charge in [-0.2, -0.15) is 9.97 Å². The van der Waals surface area contributed by atoms with E-state index >= 15 is 8.78 Å². The molecule has 13 heteroatoms. The molecule has 5 saturated heterocycles. The Balaban J connectivity index is 1.24. The molecule has 50 heavy (non-hydrogen) atoms. The van der Waals surface area contributed by atoms with Gasteiger partial charge in [0.05, 0.1) is 22.2 Å². The summed E-state index contributed by atoms with van der Waals surface area (Å²) in [6.07, 6.45) is 2.14. The van der Waals surface area contributed by atoms with Crippen LogP contribution >= 0.6 is 11.6 Å². The minimum Gasteiger partial charge on any atom is -0.506 e. The summed E-state index contributed by atoms with van der Waals surface area (Å²) in [5, 5.41) is 11.8. The lowest BCUT2D eigenvalue weighted by Crippen LogP contribution is -2.64. The van der Waals surface area contributed by atoms with Gasteiger partial charge in [-0.15, -0.1) is 0 Å². The summed E-state index contributed by atoms with van der Waals surface area (Å²) in [5.74, 6) is -1.82. The number of carbonyl (C=O) groups excluding carboxylic acids is 1. The number of hydrogen-bond donors (Lipinski definition) is 1. The number of aromatic hydroxyl groups is 1. The van der Waals surface area contributed by atoms with Gasteiger partial charge in [-0.25, -0.2) is 18.0 Å². The second-order valence-electron chi connectivity index (χ2n) is 15.1. The van der Waals surface area contributed by atoms with E-state index < -0.39 is 35.0 Å². The number of ether oxygens (including phenoxy) is 2. The Hall–Kier alpha value is -4.03. The predicted octanol–water partition coefficient (Wildman–Crippen LogP) is 7.63. The Bertz CT molecular complexity index is 2030. The summed E-state index contributed by atoms with van der Waals surface area (Å²) in [7, 11) is 0. The number of anilines is 1. The van der Waals surface area contributed by atoms with Crippen molar-refractivity contribution >= 4 is 45.2 Å². The van der Waals surface area contributed by atoms with Crippen LogP contribution in [0.1, 0.15) is 52.9 Å². The van der Waals surface area contributed by atoms with Gasteiger partial charge in [-0.05, 0) is 76.1 Å². The molecule has 264 valence electrons. The number of hydrogen-bond acceptors (Lipinski definition) is 8. The topological polar surface area (TPSA) is 91.3 Å². The molecule has 1 N–H and O–H groups in total. The van der Waals surface area contributed by atoms with Crippen molar-refractivity contribution in [2.45, 2.75) is 82.3 Å². The van der Waals surface area contributed by atoms with E-state index in [1.807, 2.05) is 25.7 Å². The number of alkyl halides is 1. The molecule has 5 aliphatic heterocycles. The first-order valence-corrected chi connectivity index (χ1v) is 17.6. The van der Waals surface area contributed by atoms with Crippen molar-refractivity contribution in [3.63, 3.8) is 0 Å². The molecular weight excluding hydrogens is 671 g/mol. The summed E-state index contributed by atoms with van der Waals surface area (Å²) in [6.45, 7) is 7.45. The Morgan fingerprint density at radius 3 is 2.56 bits per heavy atom. The molecule has 1 amide bonds. The highest BCUT2D eigenvalue weighted by Gasteiger charge is 2.50. The van der Waals surface area contributed by atoms with Gasteiger partial charge >= 0.3 is 12.1 Å². The maximum absolute atomic E-state index is 17.0. The first kappa shape index (κ1) is 33.1. The second-order valence-corrected chi connectivity index (χ2v) is 15.5. The van der Waals surface area contributed by atoms with E-state index in [0.29, 0.717) is 42.6 Å². The van der Waals surface area contributed by atoms with Crippen LogP contribution in [0, 0.1) is 11.6 Å². The highest BCUT2D eigenvalue weighted by atomic mass is 35.5. The highest BCUT2D eigenvalue weighted by molar-refractivity contribution is 6.37. The van der Waals surface area contributed by atoms with E-state index in [1.54, 1.807) is 29.2 Å². The Morgan fingerprint density at radius 2 is 1.82 bits per heavy atom. The first-order chi connectivity index (χ1) is 23.8. The van der Waals surface area contributed by atoms with Crippen molar-refractivity contribution < 1.29 is 32.5 Å². The number of carbonyl (C=O) groups is 1. The first-order valence-electron chi connectivity index (χ1n) is 17.2. The number of benzene rings is 3. The number of halogens is 4. The van der Waals surface area contributed by atoms with Crippen LogP contribution in [-0.2, 0) is 4.74 Å². The average molecular weight is 710 g/mol. The molecular formula is C37H39ClF3N5O4. The molecule has 0 spiro atoms. The third-order valence-corrected chi connectivity index (χ3v) is 11.1. The van der Waals surface area contributed by atoms with Crippen LogP contribution in [-0.4, -0.2) is 93.1 Å². The van der Waals surface area contributed by atoms with Crippen LogP contribution in [0.3, 0.4) is 0 Å². The molecule has 5 fully saturated rings. The zero-order chi connectivity index (χ0) is 35.1. The number of rotatable bonds is 5. The average Bonchev–Trinajstić information content (AvgIpc) is 3.61. The fourth-order valence-electron chi connectivity index (χ4n) is 8.50. The molecule has 0 aliphatic carbocycles. The molecule has 9 nitrogen and oxygen atoms in total. The SMILES string of the molecule is CC(C)(C)OC(=O)N1C[C@H]2CC[C@H]1CN2c1nc(OC[C@@]23CCCN2C[C@H](F)C3)nc2c(F)c(-c3cc(O)c(Cl)c4ccccc34)c(F)cc12. The quantitative estimate of drug-likeness (QED) is 0.226. The minimum absolute atomic E-state index is 0.0783. The van der Waals surface area contributed by atoms with E-state index in [0.717, 1.165) is 32.2 Å². The molecule has 6 heterocycles. The second kappa shape index (κ2) is 12.0. The Morgan fingerprint density at radius 1 is 1.06 bits per heavy atom. The lowest BCUT2D eigenvalue weighted by molar-refractivity contribution is 0.000791. The summed E-state index contributed by atoms with van der Waals surface area (Å²) in [4.78, 5) is 28.3. The lowest BCUT2D eigenvalue weighted by Gasteiger charge is -2.51. The molecule has 0 radical (unpaired) electrons. The third-order valence-electron chi connectivity index (χ3n) is 10.7. The molecule has 4 atom stereocenters. The van der Waals surface area contributed by atoms with Gasteiger partial charge in [-0.3, -0.25) is 4.90 Å². The molecule has 5 aliphatic rings. The molecule has 9 rings (SSSR count). The number of nitrogens with zero attached hydrogens (tertiary/aromatic N) is 5. The number of piperidine rings is 2. The van der Waals surface area contributed by atoms with Gasteiger partial charge in [0.2, 0.25) is 0 Å². The predicted molar refractivity (Wildman–Crippen MR) is 185 cm³/mol. The molecule has 0 unspecified atom stereocenters. The zero-order valence-electron chi connectivity index (χ0n) is 28.2. The Labute approximate surface area is 292 Å². The largest absolute Gasteiger partial charge is 0.506 e.